The predicted molar refractivity (Wildman–Crippen MR) is 101 cm³/mol. The Balaban J connectivity index is 1.74. The predicted octanol–water partition coefficient (Wildman–Crippen LogP) is 2.85. The van der Waals surface area contributed by atoms with Crippen LogP contribution in [0.1, 0.15) is 52.1 Å². The number of nitrogens with zero attached hydrogens (tertiary/aromatic N) is 2. The van der Waals surface area contributed by atoms with Gasteiger partial charge >= 0.3 is 0 Å². The van der Waals surface area contributed by atoms with Crippen LogP contribution < -0.4 is 5.32 Å². The van der Waals surface area contributed by atoms with Crippen molar-refractivity contribution >= 4 is 23.4 Å². The molecule has 28 heavy (non-hydrogen) atoms. The minimum Gasteiger partial charge on any atom is -0.348 e. The van der Waals surface area contributed by atoms with Gasteiger partial charge in [0.15, 0.2) is 0 Å². The van der Waals surface area contributed by atoms with Crippen molar-refractivity contribution in [1.29, 1.82) is 0 Å². The van der Waals surface area contributed by atoms with E-state index in [0.717, 1.165) is 23.0 Å². The number of benzene rings is 2. The maximum Gasteiger partial charge on any atom is 0.270 e. The van der Waals surface area contributed by atoms with Crippen molar-refractivity contribution in [1.82, 2.24) is 10.2 Å². The normalized spacial score (nSPS) is 14.0. The molecule has 8 nitrogen and oxygen atoms in total. The van der Waals surface area contributed by atoms with Gasteiger partial charge in [0.1, 0.15) is 6.54 Å². The minimum absolute atomic E-state index is 0.0554. The van der Waals surface area contributed by atoms with Gasteiger partial charge in [0.25, 0.3) is 17.5 Å². The van der Waals surface area contributed by atoms with Crippen molar-refractivity contribution in [3.8, 4) is 0 Å². The lowest BCUT2D eigenvalue weighted by atomic mass is 10.0. The van der Waals surface area contributed by atoms with Crippen LogP contribution in [0, 0.1) is 10.1 Å². The van der Waals surface area contributed by atoms with Crippen molar-refractivity contribution in [2.75, 3.05) is 6.54 Å². The molecule has 1 N–H and O–H groups in total. The summed E-state index contributed by atoms with van der Waals surface area (Å²) in [5.41, 5.74) is 0.672. The van der Waals surface area contributed by atoms with Crippen molar-refractivity contribution in [3.63, 3.8) is 0 Å². The van der Waals surface area contributed by atoms with E-state index in [9.17, 15) is 24.5 Å². The highest BCUT2D eigenvalue weighted by molar-refractivity contribution is 6.22. The molecule has 1 aliphatic heterocycles. The Labute approximate surface area is 161 Å². The van der Waals surface area contributed by atoms with E-state index in [1.807, 2.05) is 37.3 Å². The van der Waals surface area contributed by atoms with E-state index in [1.54, 1.807) is 0 Å². The first-order valence-electron chi connectivity index (χ1n) is 8.91. The first kappa shape index (κ1) is 19.2. The molecule has 0 aromatic heterocycles. The van der Waals surface area contributed by atoms with Crippen LogP contribution in [0.4, 0.5) is 5.69 Å². The van der Waals surface area contributed by atoms with E-state index in [-0.39, 0.29) is 22.9 Å². The second-order valence-electron chi connectivity index (χ2n) is 6.50. The molecule has 1 atom stereocenters. The first-order chi connectivity index (χ1) is 13.4. The van der Waals surface area contributed by atoms with Gasteiger partial charge in [-0.25, -0.2) is 0 Å². The zero-order valence-electron chi connectivity index (χ0n) is 15.3. The molecule has 0 saturated carbocycles. The van der Waals surface area contributed by atoms with Crippen molar-refractivity contribution in [2.45, 2.75) is 25.8 Å². The minimum atomic E-state index is -0.703. The molecule has 1 unspecified atom stereocenters. The van der Waals surface area contributed by atoms with Crippen molar-refractivity contribution < 1.29 is 19.3 Å². The largest absolute Gasteiger partial charge is 0.348 e. The Hall–Kier alpha value is -3.55. The lowest BCUT2D eigenvalue weighted by Crippen LogP contribution is -2.41. The summed E-state index contributed by atoms with van der Waals surface area (Å²) in [5, 5.41) is 13.8. The number of nitro groups is 1. The summed E-state index contributed by atoms with van der Waals surface area (Å²) < 4.78 is 0. The van der Waals surface area contributed by atoms with E-state index in [1.165, 1.54) is 12.1 Å². The van der Waals surface area contributed by atoms with Crippen LogP contribution in [0.15, 0.2) is 48.5 Å². The van der Waals surface area contributed by atoms with Crippen LogP contribution >= 0.6 is 0 Å². The van der Waals surface area contributed by atoms with E-state index in [2.05, 4.69) is 5.32 Å². The van der Waals surface area contributed by atoms with E-state index in [0.29, 0.717) is 6.42 Å². The van der Waals surface area contributed by atoms with Gasteiger partial charge in [0.05, 0.1) is 22.1 Å². The molecule has 3 amide bonds. The van der Waals surface area contributed by atoms with Crippen LogP contribution in [0.25, 0.3) is 0 Å². The van der Waals surface area contributed by atoms with Gasteiger partial charge in [-0.1, -0.05) is 43.7 Å². The molecule has 1 aliphatic rings. The van der Waals surface area contributed by atoms with Gasteiger partial charge in [-0.15, -0.1) is 0 Å². The lowest BCUT2D eigenvalue weighted by Gasteiger charge is -2.20. The number of non-ortho nitro benzene ring substituents is 1. The Morgan fingerprint density at radius 3 is 2.43 bits per heavy atom. The molecule has 0 bridgehead atoms. The fourth-order valence-electron chi connectivity index (χ4n) is 3.22. The second-order valence-corrected chi connectivity index (χ2v) is 6.50. The number of amides is 3. The summed E-state index contributed by atoms with van der Waals surface area (Å²) in [6.45, 7) is 1.56. The molecular weight excluding hydrogens is 362 g/mol. The smallest absolute Gasteiger partial charge is 0.270 e. The number of nitro benzene ring substituents is 1. The summed E-state index contributed by atoms with van der Waals surface area (Å²) in [7, 11) is 0. The van der Waals surface area contributed by atoms with E-state index in [4.69, 9.17) is 0 Å². The average Bonchev–Trinajstić information content (AvgIpc) is 2.92. The van der Waals surface area contributed by atoms with E-state index >= 15 is 0 Å². The molecule has 1 heterocycles. The van der Waals surface area contributed by atoms with E-state index < -0.39 is 29.2 Å². The Morgan fingerprint density at radius 1 is 1.11 bits per heavy atom. The Kier molecular flexibility index (Phi) is 5.49. The van der Waals surface area contributed by atoms with Gasteiger partial charge in [-0.3, -0.25) is 29.4 Å². The zero-order valence-corrected chi connectivity index (χ0v) is 15.3. The Morgan fingerprint density at radius 2 is 1.79 bits per heavy atom. The summed E-state index contributed by atoms with van der Waals surface area (Å²) in [5.74, 6) is -1.80. The second kappa shape index (κ2) is 7.99. The SMILES string of the molecule is CCCC(NC(=O)CN1C(=O)c2ccc([N+](=O)[O-])cc2C1=O)c1ccccc1. The lowest BCUT2D eigenvalue weighted by molar-refractivity contribution is -0.384. The Bertz CT molecular complexity index is 942. The highest BCUT2D eigenvalue weighted by Crippen LogP contribution is 2.27. The molecule has 144 valence electrons. The number of carbonyl (C=O) groups is 3. The van der Waals surface area contributed by atoms with Gasteiger partial charge in [-0.05, 0) is 18.1 Å². The molecule has 3 rings (SSSR count). The molecule has 2 aromatic rings. The fraction of sp³-hybridized carbons (Fsp3) is 0.250. The fourth-order valence-corrected chi connectivity index (χ4v) is 3.22. The average molecular weight is 381 g/mol. The molecular formula is C20H19N3O5. The summed E-state index contributed by atoms with van der Waals surface area (Å²) in [6.07, 6.45) is 1.56. The third-order valence-electron chi connectivity index (χ3n) is 4.58. The zero-order chi connectivity index (χ0) is 20.3. The number of carbonyl (C=O) groups excluding carboxylic acids is 3. The van der Waals surface area contributed by atoms with Gasteiger partial charge in [-0.2, -0.15) is 0 Å². The molecule has 0 spiro atoms. The van der Waals surface area contributed by atoms with Crippen LogP contribution in [-0.4, -0.2) is 34.1 Å². The third-order valence-corrected chi connectivity index (χ3v) is 4.58. The summed E-state index contributed by atoms with van der Waals surface area (Å²) in [6, 6.07) is 12.7. The molecule has 2 aromatic carbocycles. The number of hydrogen-bond acceptors (Lipinski definition) is 5. The topological polar surface area (TPSA) is 110 Å². The van der Waals surface area contributed by atoms with Crippen molar-refractivity contribution in [2.24, 2.45) is 0 Å². The monoisotopic (exact) mass is 381 g/mol. The van der Waals surface area contributed by atoms with Crippen LogP contribution in [0.2, 0.25) is 0 Å². The van der Waals surface area contributed by atoms with Crippen LogP contribution in [0.5, 0.6) is 0 Å². The van der Waals surface area contributed by atoms with Crippen LogP contribution in [-0.2, 0) is 4.79 Å². The summed E-state index contributed by atoms with van der Waals surface area (Å²) in [4.78, 5) is 48.5. The standard InChI is InChI=1S/C20H19N3O5/c1-2-6-17(13-7-4-3-5-8-13)21-18(24)12-22-19(25)15-10-9-14(23(27)28)11-16(15)20(22)26/h3-5,7-11,17H,2,6,12H2,1H3,(H,21,24). The quantitative estimate of drug-likeness (QED) is 0.450. The number of hydrogen-bond donors (Lipinski definition) is 1. The highest BCUT2D eigenvalue weighted by Gasteiger charge is 2.38. The highest BCUT2D eigenvalue weighted by atomic mass is 16.6. The molecule has 0 fully saturated rings. The van der Waals surface area contributed by atoms with Gasteiger partial charge in [0.2, 0.25) is 5.91 Å². The third kappa shape index (κ3) is 3.75. The van der Waals surface area contributed by atoms with Gasteiger partial charge in [0, 0.05) is 12.1 Å². The van der Waals surface area contributed by atoms with Gasteiger partial charge < -0.3 is 5.32 Å². The first-order valence-corrected chi connectivity index (χ1v) is 8.91. The number of imide groups is 1. The number of nitrogens with one attached hydrogen (secondary N) is 1. The number of rotatable bonds is 7. The molecule has 0 radical (unpaired) electrons. The number of fused-ring (bicyclic) bond motifs is 1. The molecule has 8 heteroatoms. The molecule has 0 aliphatic carbocycles. The maximum atomic E-state index is 12.5. The van der Waals surface area contributed by atoms with Crippen LogP contribution in [0.3, 0.4) is 0 Å². The summed E-state index contributed by atoms with van der Waals surface area (Å²) >= 11 is 0. The van der Waals surface area contributed by atoms with Crippen molar-refractivity contribution in [3.05, 3.63) is 75.3 Å². The maximum absolute atomic E-state index is 12.5. The molecule has 0 saturated heterocycles.